The van der Waals surface area contributed by atoms with Crippen LogP contribution in [0.5, 0.6) is 0 Å². The Morgan fingerprint density at radius 3 is 1.90 bits per heavy atom. The second kappa shape index (κ2) is 13.6. The maximum atomic E-state index is 11.0. The first-order valence-electron chi connectivity index (χ1n) is 8.07. The fraction of sp³-hybridized carbons (Fsp3) is 0.550. The van der Waals surface area contributed by atoms with Gasteiger partial charge in [0.2, 0.25) is 0 Å². The van der Waals surface area contributed by atoms with E-state index in [2.05, 4.69) is 51.6 Å². The average molecular weight is 290 g/mol. The number of carbonyl (C=O) groups excluding carboxylic acids is 1. The summed E-state index contributed by atoms with van der Waals surface area (Å²) in [6.45, 7) is 17.7. The average Bonchev–Trinajstić information content (AvgIpc) is 2.44. The van der Waals surface area contributed by atoms with Crippen LogP contribution in [0.25, 0.3) is 0 Å². The van der Waals surface area contributed by atoms with Crippen molar-refractivity contribution in [1.29, 1.82) is 0 Å². The molecule has 0 bridgehead atoms. The molecule has 1 atom stereocenters. The minimum absolute atomic E-state index is 0.141. The highest BCUT2D eigenvalue weighted by molar-refractivity contribution is 5.78. The Morgan fingerprint density at radius 1 is 1.14 bits per heavy atom. The molecule has 0 N–H and O–H groups in total. The van der Waals surface area contributed by atoms with E-state index in [4.69, 9.17) is 0 Å². The second-order valence-electron chi connectivity index (χ2n) is 5.41. The van der Waals surface area contributed by atoms with Crippen LogP contribution < -0.4 is 0 Å². The van der Waals surface area contributed by atoms with Crippen molar-refractivity contribution in [3.05, 3.63) is 47.5 Å². The highest BCUT2D eigenvalue weighted by atomic mass is 16.1. The molecule has 0 unspecified atom stereocenters. The van der Waals surface area contributed by atoms with Gasteiger partial charge in [-0.3, -0.25) is 4.79 Å². The van der Waals surface area contributed by atoms with Gasteiger partial charge >= 0.3 is 0 Å². The Labute approximate surface area is 132 Å². The van der Waals surface area contributed by atoms with E-state index in [1.165, 1.54) is 29.5 Å². The maximum Gasteiger partial charge on any atom is 0.132 e. The number of rotatable bonds is 5. The van der Waals surface area contributed by atoms with E-state index in [-0.39, 0.29) is 11.7 Å². The fourth-order valence-corrected chi connectivity index (χ4v) is 1.65. The van der Waals surface area contributed by atoms with Crippen molar-refractivity contribution in [2.45, 2.75) is 67.7 Å². The largest absolute Gasteiger partial charge is 0.300 e. The summed E-state index contributed by atoms with van der Waals surface area (Å²) in [7, 11) is 0. The van der Waals surface area contributed by atoms with Crippen molar-refractivity contribution in [2.75, 3.05) is 0 Å². The van der Waals surface area contributed by atoms with Gasteiger partial charge in [-0.15, -0.1) is 6.58 Å². The van der Waals surface area contributed by atoms with Gasteiger partial charge in [-0.25, -0.2) is 0 Å². The number of Topliss-reactive ketones (excluding diaryl/α,β-unsaturated/α-hetero) is 1. The Bertz CT molecular complexity index is 387. The van der Waals surface area contributed by atoms with Gasteiger partial charge in [0.25, 0.3) is 0 Å². The van der Waals surface area contributed by atoms with Crippen molar-refractivity contribution >= 4 is 5.78 Å². The van der Waals surface area contributed by atoms with E-state index in [1.54, 1.807) is 6.92 Å². The zero-order valence-corrected chi connectivity index (χ0v) is 15.1. The van der Waals surface area contributed by atoms with Gasteiger partial charge in [0, 0.05) is 5.92 Å². The first-order chi connectivity index (χ1) is 9.86. The highest BCUT2D eigenvalue weighted by Gasteiger charge is 2.07. The third kappa shape index (κ3) is 13.4. The molecule has 120 valence electrons. The molecular weight excluding hydrogens is 256 g/mol. The van der Waals surface area contributed by atoms with E-state index in [0.29, 0.717) is 0 Å². The molecule has 1 aromatic carbocycles. The predicted molar refractivity (Wildman–Crippen MR) is 95.8 cm³/mol. The van der Waals surface area contributed by atoms with Crippen LogP contribution in [0.2, 0.25) is 0 Å². The van der Waals surface area contributed by atoms with Crippen molar-refractivity contribution < 1.29 is 4.79 Å². The summed E-state index contributed by atoms with van der Waals surface area (Å²) in [4.78, 5) is 11.0. The molecule has 0 amide bonds. The second-order valence-corrected chi connectivity index (χ2v) is 5.41. The van der Waals surface area contributed by atoms with Crippen LogP contribution in [0.15, 0.2) is 36.4 Å². The summed E-state index contributed by atoms with van der Waals surface area (Å²) in [5, 5.41) is 0. The monoisotopic (exact) mass is 290 g/mol. The smallest absolute Gasteiger partial charge is 0.132 e. The Balaban J connectivity index is 0. The van der Waals surface area contributed by atoms with E-state index >= 15 is 0 Å². The lowest BCUT2D eigenvalue weighted by Crippen LogP contribution is -2.09. The number of aryl methyl sites for hydroxylation is 1. The topological polar surface area (TPSA) is 17.1 Å². The van der Waals surface area contributed by atoms with Crippen LogP contribution in [0.3, 0.4) is 0 Å². The molecule has 0 heterocycles. The standard InChI is InChI=1S/C12H16O.C6H12.C2H6/c1-9-4-6-12(7-5-9)8-10(2)11(3)13;1-4-5-6(2)3;1-2/h4-7,10H,8H2,1-3H3;2,4-5H2,1,3H3;1-2H3/t10-;;/m0../s1. The fourth-order valence-electron chi connectivity index (χ4n) is 1.65. The normalized spacial score (nSPS) is 10.4. The number of hydrogen-bond donors (Lipinski definition) is 0. The molecule has 0 saturated carbocycles. The number of hydrogen-bond acceptors (Lipinski definition) is 1. The Kier molecular flexibility index (Phi) is 14.2. The van der Waals surface area contributed by atoms with Crippen molar-refractivity contribution in [3.8, 4) is 0 Å². The molecule has 0 aliphatic rings. The Hall–Kier alpha value is -1.37. The minimum Gasteiger partial charge on any atom is -0.300 e. The molecule has 0 aromatic heterocycles. The predicted octanol–water partition coefficient (Wildman–Crippen LogP) is 6.15. The minimum atomic E-state index is 0.141. The summed E-state index contributed by atoms with van der Waals surface area (Å²) in [6, 6.07) is 8.36. The summed E-state index contributed by atoms with van der Waals surface area (Å²) in [6.07, 6.45) is 3.27. The molecule has 21 heavy (non-hydrogen) atoms. The van der Waals surface area contributed by atoms with Crippen molar-refractivity contribution in [2.24, 2.45) is 5.92 Å². The molecule has 0 radical (unpaired) electrons. The van der Waals surface area contributed by atoms with Gasteiger partial charge in [-0.05, 0) is 39.2 Å². The number of ketones is 1. The van der Waals surface area contributed by atoms with Crippen LogP contribution in [-0.4, -0.2) is 5.78 Å². The van der Waals surface area contributed by atoms with Gasteiger partial charge in [0.1, 0.15) is 5.78 Å². The number of allylic oxidation sites excluding steroid dienone is 1. The van der Waals surface area contributed by atoms with Gasteiger partial charge in [-0.2, -0.15) is 0 Å². The zero-order valence-electron chi connectivity index (χ0n) is 15.1. The summed E-state index contributed by atoms with van der Waals surface area (Å²) in [5.41, 5.74) is 3.80. The summed E-state index contributed by atoms with van der Waals surface area (Å²) in [5.74, 6) is 0.406. The van der Waals surface area contributed by atoms with E-state index in [9.17, 15) is 4.79 Å². The first-order valence-corrected chi connectivity index (χ1v) is 8.07. The quantitative estimate of drug-likeness (QED) is 0.594. The molecule has 1 rings (SSSR count). The molecular formula is C20H34O. The molecule has 0 spiro atoms. The third-order valence-corrected chi connectivity index (χ3v) is 3.03. The molecule has 0 aliphatic carbocycles. The van der Waals surface area contributed by atoms with Crippen LogP contribution in [0.4, 0.5) is 0 Å². The lowest BCUT2D eigenvalue weighted by atomic mass is 9.97. The summed E-state index contributed by atoms with van der Waals surface area (Å²) >= 11 is 0. The van der Waals surface area contributed by atoms with Gasteiger partial charge in [0.15, 0.2) is 0 Å². The van der Waals surface area contributed by atoms with Gasteiger partial charge in [0.05, 0.1) is 0 Å². The van der Waals surface area contributed by atoms with Gasteiger partial charge < -0.3 is 0 Å². The van der Waals surface area contributed by atoms with Crippen molar-refractivity contribution in [1.82, 2.24) is 0 Å². The highest BCUT2D eigenvalue weighted by Crippen LogP contribution is 2.10. The molecule has 0 aliphatic heterocycles. The third-order valence-electron chi connectivity index (χ3n) is 3.03. The molecule has 0 saturated heterocycles. The zero-order chi connectivity index (χ0) is 16.8. The van der Waals surface area contributed by atoms with E-state index in [0.717, 1.165) is 6.42 Å². The molecule has 1 heteroatoms. The molecule has 1 nitrogen and oxygen atoms in total. The number of carbonyl (C=O) groups is 1. The summed E-state index contributed by atoms with van der Waals surface area (Å²) < 4.78 is 0. The van der Waals surface area contributed by atoms with E-state index in [1.807, 2.05) is 20.8 Å². The van der Waals surface area contributed by atoms with Crippen molar-refractivity contribution in [3.63, 3.8) is 0 Å². The maximum absolute atomic E-state index is 11.0. The van der Waals surface area contributed by atoms with Crippen LogP contribution in [0, 0.1) is 12.8 Å². The van der Waals surface area contributed by atoms with E-state index < -0.39 is 0 Å². The van der Waals surface area contributed by atoms with Crippen LogP contribution in [0.1, 0.15) is 65.5 Å². The van der Waals surface area contributed by atoms with Crippen LogP contribution >= 0.6 is 0 Å². The SMILES string of the molecule is C=C(C)CCC.CC.CC(=O)[C@@H](C)Cc1ccc(C)cc1. The number of benzene rings is 1. The van der Waals surface area contributed by atoms with Gasteiger partial charge in [-0.1, -0.05) is 69.5 Å². The lowest BCUT2D eigenvalue weighted by Gasteiger charge is -2.07. The Morgan fingerprint density at radius 2 is 1.62 bits per heavy atom. The molecule has 1 aromatic rings. The van der Waals surface area contributed by atoms with Crippen LogP contribution in [-0.2, 0) is 11.2 Å². The first kappa shape index (κ1) is 21.9. The lowest BCUT2D eigenvalue weighted by molar-refractivity contribution is -0.120. The molecule has 0 fully saturated rings.